The smallest absolute Gasteiger partial charge is 0.361 e. The average Bonchev–Trinajstić information content (AvgIpc) is 2.82. The highest BCUT2D eigenvalue weighted by Crippen LogP contribution is 2.10. The number of hydrogen-bond acceptors (Lipinski definition) is 7. The highest BCUT2D eigenvalue weighted by molar-refractivity contribution is 5.88. The lowest BCUT2D eigenvalue weighted by Crippen LogP contribution is -2.10. The lowest BCUT2D eigenvalue weighted by molar-refractivity contribution is 0.0542. The number of aromatic hydroxyl groups is 1. The van der Waals surface area contributed by atoms with Crippen molar-refractivity contribution in [3.63, 3.8) is 0 Å². The van der Waals surface area contributed by atoms with Crippen LogP contribution in [0, 0.1) is 6.92 Å². The average molecular weight is 291 g/mol. The highest BCUT2D eigenvalue weighted by atomic mass is 16.5. The summed E-state index contributed by atoms with van der Waals surface area (Å²) in [5, 5.41) is 16.7. The lowest BCUT2D eigenvalue weighted by atomic mass is 10.3. The molecule has 2 aromatic heterocycles. The molecule has 0 aromatic carbocycles. The van der Waals surface area contributed by atoms with E-state index < -0.39 is 17.1 Å². The van der Waals surface area contributed by atoms with Gasteiger partial charge in [-0.2, -0.15) is 0 Å². The third kappa shape index (κ3) is 3.16. The van der Waals surface area contributed by atoms with Gasteiger partial charge < -0.3 is 14.3 Å². The van der Waals surface area contributed by atoms with Crippen LogP contribution in [0.1, 0.15) is 21.9 Å². The Bertz CT molecular complexity index is 732. The van der Waals surface area contributed by atoms with Crippen LogP contribution < -0.4 is 5.43 Å². The molecule has 8 nitrogen and oxygen atoms in total. The predicted molar refractivity (Wildman–Crippen MR) is 71.0 cm³/mol. The highest BCUT2D eigenvalue weighted by Gasteiger charge is 2.18. The number of ether oxygens (including phenoxy) is 1. The molecule has 0 unspecified atom stereocenters. The second kappa shape index (κ2) is 6.04. The molecule has 0 aliphatic carbocycles. The van der Waals surface area contributed by atoms with Crippen molar-refractivity contribution in [2.24, 2.45) is 0 Å². The zero-order chi connectivity index (χ0) is 15.4. The Hall–Kier alpha value is -2.90. The summed E-state index contributed by atoms with van der Waals surface area (Å²) in [6, 6.07) is 1.15. The quantitative estimate of drug-likeness (QED) is 0.636. The summed E-state index contributed by atoms with van der Waals surface area (Å²) in [7, 11) is 0. The first-order chi connectivity index (χ1) is 10.0. The Balaban J connectivity index is 2.20. The van der Waals surface area contributed by atoms with Crippen LogP contribution in [0.25, 0.3) is 0 Å². The SMILES string of the molecule is C=CCOC(=O)c1nnn(Cc2cc(=O)c(O)co2)c1C. The molecule has 0 saturated carbocycles. The van der Waals surface area contributed by atoms with Crippen molar-refractivity contribution >= 4 is 5.97 Å². The maximum atomic E-state index is 11.7. The Morgan fingerprint density at radius 1 is 1.62 bits per heavy atom. The summed E-state index contributed by atoms with van der Waals surface area (Å²) >= 11 is 0. The molecular formula is C13H13N3O5. The molecule has 0 atom stereocenters. The van der Waals surface area contributed by atoms with Crippen molar-refractivity contribution in [1.29, 1.82) is 0 Å². The Morgan fingerprint density at radius 3 is 3.05 bits per heavy atom. The third-order valence-electron chi connectivity index (χ3n) is 2.68. The third-order valence-corrected chi connectivity index (χ3v) is 2.68. The van der Waals surface area contributed by atoms with Crippen molar-refractivity contribution in [2.45, 2.75) is 13.5 Å². The lowest BCUT2D eigenvalue weighted by Gasteiger charge is -2.03. The maximum Gasteiger partial charge on any atom is 0.361 e. The number of hydrogen-bond donors (Lipinski definition) is 1. The first-order valence-electron chi connectivity index (χ1n) is 6.01. The van der Waals surface area contributed by atoms with Crippen molar-refractivity contribution in [2.75, 3.05) is 6.61 Å². The minimum Gasteiger partial charge on any atom is -0.502 e. The second-order valence-electron chi connectivity index (χ2n) is 4.16. The molecule has 0 spiro atoms. The van der Waals surface area contributed by atoms with Crippen molar-refractivity contribution in [3.05, 3.63) is 52.4 Å². The number of rotatable bonds is 5. The zero-order valence-corrected chi connectivity index (χ0v) is 11.3. The number of nitrogens with zero attached hydrogens (tertiary/aromatic N) is 3. The van der Waals surface area contributed by atoms with E-state index in [-0.39, 0.29) is 24.6 Å². The van der Waals surface area contributed by atoms with Crippen LogP contribution in [0.3, 0.4) is 0 Å². The fraction of sp³-hybridized carbons (Fsp3) is 0.231. The number of carbonyl (C=O) groups is 1. The first-order valence-corrected chi connectivity index (χ1v) is 6.01. The molecule has 1 N–H and O–H groups in total. The minimum absolute atomic E-state index is 0.0813. The summed E-state index contributed by atoms with van der Waals surface area (Å²) in [5.74, 6) is -0.801. The first kappa shape index (κ1) is 14.5. The van der Waals surface area contributed by atoms with Crippen LogP contribution in [0.5, 0.6) is 5.75 Å². The second-order valence-corrected chi connectivity index (χ2v) is 4.16. The van der Waals surface area contributed by atoms with E-state index in [2.05, 4.69) is 16.9 Å². The molecule has 0 fully saturated rings. The van der Waals surface area contributed by atoms with Crippen LogP contribution >= 0.6 is 0 Å². The van der Waals surface area contributed by atoms with Crippen LogP contribution in [0.2, 0.25) is 0 Å². The van der Waals surface area contributed by atoms with Gasteiger partial charge in [-0.15, -0.1) is 5.10 Å². The van der Waals surface area contributed by atoms with Gasteiger partial charge in [-0.1, -0.05) is 17.9 Å². The molecule has 21 heavy (non-hydrogen) atoms. The van der Waals surface area contributed by atoms with E-state index in [1.54, 1.807) is 6.92 Å². The van der Waals surface area contributed by atoms with Gasteiger partial charge in [0.25, 0.3) is 0 Å². The summed E-state index contributed by atoms with van der Waals surface area (Å²) in [6.07, 6.45) is 2.39. The molecule has 0 radical (unpaired) electrons. The Kier molecular flexibility index (Phi) is 4.17. The molecule has 0 aliphatic rings. The van der Waals surface area contributed by atoms with Crippen LogP contribution in [-0.2, 0) is 11.3 Å². The van der Waals surface area contributed by atoms with Gasteiger partial charge in [0.1, 0.15) is 25.2 Å². The van der Waals surface area contributed by atoms with Gasteiger partial charge in [0.15, 0.2) is 11.4 Å². The predicted octanol–water partition coefficient (Wildman–Crippen LogP) is 0.636. The standard InChI is InChI=1S/C13H13N3O5/c1-3-4-20-13(19)12-8(2)16(15-14-12)6-9-5-10(17)11(18)7-21-9/h3,5,7,18H,1,4,6H2,2H3. The molecule has 2 heterocycles. The van der Waals surface area contributed by atoms with Gasteiger partial charge in [-0.25, -0.2) is 9.48 Å². The van der Waals surface area contributed by atoms with Gasteiger partial charge in [0.05, 0.1) is 5.69 Å². The topological polar surface area (TPSA) is 107 Å². The summed E-state index contributed by atoms with van der Waals surface area (Å²) in [6.45, 7) is 5.27. The Morgan fingerprint density at radius 2 is 2.38 bits per heavy atom. The van der Waals surface area contributed by atoms with Crippen LogP contribution in [0.15, 0.2) is 34.2 Å². The van der Waals surface area contributed by atoms with Gasteiger partial charge in [-0.3, -0.25) is 4.79 Å². The molecule has 110 valence electrons. The van der Waals surface area contributed by atoms with E-state index in [1.165, 1.54) is 10.8 Å². The largest absolute Gasteiger partial charge is 0.502 e. The maximum absolute atomic E-state index is 11.7. The summed E-state index contributed by atoms with van der Waals surface area (Å²) in [5.41, 5.74) is -0.00241. The molecule has 8 heteroatoms. The van der Waals surface area contributed by atoms with E-state index in [4.69, 9.17) is 14.3 Å². The molecule has 0 bridgehead atoms. The van der Waals surface area contributed by atoms with Gasteiger partial charge >= 0.3 is 5.97 Å². The van der Waals surface area contributed by atoms with Crippen molar-refractivity contribution < 1.29 is 19.1 Å². The van der Waals surface area contributed by atoms with E-state index in [1.807, 2.05) is 0 Å². The molecule has 2 rings (SSSR count). The van der Waals surface area contributed by atoms with E-state index in [9.17, 15) is 9.59 Å². The van der Waals surface area contributed by atoms with Gasteiger partial charge in [0.2, 0.25) is 5.43 Å². The van der Waals surface area contributed by atoms with Gasteiger partial charge in [-0.05, 0) is 6.92 Å². The Labute approximate surface area is 119 Å². The zero-order valence-electron chi connectivity index (χ0n) is 11.3. The van der Waals surface area contributed by atoms with E-state index in [0.29, 0.717) is 5.69 Å². The molecule has 0 aliphatic heterocycles. The van der Waals surface area contributed by atoms with E-state index in [0.717, 1.165) is 12.3 Å². The minimum atomic E-state index is -0.606. The normalized spacial score (nSPS) is 10.3. The molecule has 0 saturated heterocycles. The molecule has 2 aromatic rings. The van der Waals surface area contributed by atoms with Crippen molar-refractivity contribution in [3.8, 4) is 5.75 Å². The molecule has 0 amide bonds. The number of aromatic nitrogens is 3. The van der Waals surface area contributed by atoms with Crippen LogP contribution in [-0.4, -0.2) is 32.7 Å². The number of esters is 1. The fourth-order valence-corrected chi connectivity index (χ4v) is 1.58. The molecular weight excluding hydrogens is 278 g/mol. The number of carbonyl (C=O) groups excluding carboxylic acids is 1. The fourth-order valence-electron chi connectivity index (χ4n) is 1.58. The van der Waals surface area contributed by atoms with Crippen LogP contribution in [0.4, 0.5) is 0 Å². The van der Waals surface area contributed by atoms with Gasteiger partial charge in [0, 0.05) is 6.07 Å². The monoisotopic (exact) mass is 291 g/mol. The summed E-state index contributed by atoms with van der Waals surface area (Å²) in [4.78, 5) is 23.0. The van der Waals surface area contributed by atoms with E-state index >= 15 is 0 Å². The van der Waals surface area contributed by atoms with Crippen molar-refractivity contribution in [1.82, 2.24) is 15.0 Å². The summed E-state index contributed by atoms with van der Waals surface area (Å²) < 4.78 is 11.3.